The van der Waals surface area contributed by atoms with Crippen LogP contribution in [-0.4, -0.2) is 17.9 Å². The van der Waals surface area contributed by atoms with Crippen LogP contribution in [0.5, 0.6) is 0 Å². The van der Waals surface area contributed by atoms with Crippen molar-refractivity contribution in [3.63, 3.8) is 0 Å². The normalized spacial score (nSPS) is 14.3. The zero-order valence-corrected chi connectivity index (χ0v) is 15.6. The summed E-state index contributed by atoms with van der Waals surface area (Å²) in [6, 6.07) is 5.28. The second-order valence-electron chi connectivity index (χ2n) is 3.94. The molecule has 6 heteroatoms. The standard InChI is InChI=1S/C14H10BrClF2N.Y/c1-9-3-2-4-13(19(9)8-14(17)18)11-6-5-10(15)7-12(11)16;/h2-3,5-7,14H,1,8H2;/q-1;. The van der Waals surface area contributed by atoms with Crippen LogP contribution in [0.3, 0.4) is 0 Å². The second-order valence-corrected chi connectivity index (χ2v) is 5.27. The number of hydrogen-bond acceptors (Lipinski definition) is 1. The predicted octanol–water partition coefficient (Wildman–Crippen LogP) is 4.89. The first-order valence-electron chi connectivity index (χ1n) is 5.49. The average Bonchev–Trinajstić information content (AvgIpc) is 2.32. The quantitative estimate of drug-likeness (QED) is 0.612. The summed E-state index contributed by atoms with van der Waals surface area (Å²) in [7, 11) is 0. The van der Waals surface area contributed by atoms with Crippen LogP contribution in [-0.2, 0) is 32.7 Å². The molecule has 0 bridgehead atoms. The molecular weight excluding hydrogens is 424 g/mol. The molecular formula is C14H10BrClF2NY-. The maximum atomic E-state index is 12.7. The molecule has 0 spiro atoms. The van der Waals surface area contributed by atoms with Gasteiger partial charge in [-0.1, -0.05) is 51.4 Å². The Hall–Kier alpha value is -0.0261. The van der Waals surface area contributed by atoms with Crippen molar-refractivity contribution in [1.29, 1.82) is 0 Å². The summed E-state index contributed by atoms with van der Waals surface area (Å²) in [5.74, 6) is 0. The van der Waals surface area contributed by atoms with Gasteiger partial charge >= 0.3 is 0 Å². The summed E-state index contributed by atoms with van der Waals surface area (Å²) in [6.45, 7) is 3.33. The van der Waals surface area contributed by atoms with Crippen molar-refractivity contribution in [2.24, 2.45) is 0 Å². The Kier molecular flexibility index (Phi) is 7.06. The Labute approximate surface area is 155 Å². The first-order chi connectivity index (χ1) is 8.99. The molecule has 0 fully saturated rings. The summed E-state index contributed by atoms with van der Waals surface area (Å²) in [5.41, 5.74) is 1.65. The molecule has 0 aromatic heterocycles. The molecule has 1 aliphatic rings. The van der Waals surface area contributed by atoms with Crippen LogP contribution in [0, 0.1) is 6.08 Å². The van der Waals surface area contributed by atoms with Crippen molar-refractivity contribution in [3.8, 4) is 0 Å². The molecule has 0 N–H and O–H groups in total. The third-order valence-corrected chi connectivity index (χ3v) is 3.43. The molecule has 0 aliphatic carbocycles. The molecule has 0 saturated carbocycles. The van der Waals surface area contributed by atoms with E-state index in [0.717, 1.165) is 4.47 Å². The summed E-state index contributed by atoms with van der Waals surface area (Å²) in [4.78, 5) is 1.42. The number of benzene rings is 1. The van der Waals surface area contributed by atoms with Crippen molar-refractivity contribution < 1.29 is 41.5 Å². The Balaban J connectivity index is 0.00000200. The number of halogens is 4. The monoisotopic (exact) mass is 433 g/mol. The molecule has 0 saturated heterocycles. The molecule has 20 heavy (non-hydrogen) atoms. The maximum Gasteiger partial charge on any atom is 0.256 e. The van der Waals surface area contributed by atoms with Crippen LogP contribution in [0.25, 0.3) is 5.70 Å². The van der Waals surface area contributed by atoms with Gasteiger partial charge in [0.05, 0.1) is 6.54 Å². The van der Waals surface area contributed by atoms with Crippen LogP contribution in [0.1, 0.15) is 5.56 Å². The van der Waals surface area contributed by atoms with Gasteiger partial charge in [0, 0.05) is 37.2 Å². The van der Waals surface area contributed by atoms with Gasteiger partial charge in [-0.2, -0.15) is 12.2 Å². The van der Waals surface area contributed by atoms with E-state index in [1.807, 2.05) is 0 Å². The van der Waals surface area contributed by atoms with E-state index in [1.54, 1.807) is 30.4 Å². The Bertz CT molecular complexity index is 572. The van der Waals surface area contributed by atoms with E-state index >= 15 is 0 Å². The van der Waals surface area contributed by atoms with Crippen molar-refractivity contribution >= 4 is 33.2 Å². The minimum Gasteiger partial charge on any atom is -0.370 e. The fraction of sp³-hybridized carbons (Fsp3) is 0.143. The predicted molar refractivity (Wildman–Crippen MR) is 76.8 cm³/mol. The molecule has 1 aromatic rings. The van der Waals surface area contributed by atoms with Crippen LogP contribution in [0.2, 0.25) is 5.02 Å². The zero-order chi connectivity index (χ0) is 14.0. The van der Waals surface area contributed by atoms with Crippen molar-refractivity contribution in [2.75, 3.05) is 6.54 Å². The number of alkyl halides is 2. The van der Waals surface area contributed by atoms with E-state index in [2.05, 4.69) is 28.6 Å². The Morgan fingerprint density at radius 1 is 1.40 bits per heavy atom. The van der Waals surface area contributed by atoms with Gasteiger partial charge in [0.15, 0.2) is 0 Å². The zero-order valence-electron chi connectivity index (χ0n) is 10.4. The maximum absolute atomic E-state index is 12.7. The fourth-order valence-electron chi connectivity index (χ4n) is 1.78. The molecule has 1 radical (unpaired) electrons. The van der Waals surface area contributed by atoms with Crippen LogP contribution < -0.4 is 0 Å². The van der Waals surface area contributed by atoms with E-state index in [-0.39, 0.29) is 32.7 Å². The Morgan fingerprint density at radius 2 is 2.10 bits per heavy atom. The summed E-state index contributed by atoms with van der Waals surface area (Å²) in [5, 5.41) is 0.472. The van der Waals surface area contributed by atoms with Gasteiger partial charge in [0.2, 0.25) is 0 Å². The first-order valence-corrected chi connectivity index (χ1v) is 6.66. The number of allylic oxidation sites excluding steroid dienone is 3. The minimum absolute atomic E-state index is 0. The van der Waals surface area contributed by atoms with Gasteiger partial charge in [-0.25, -0.2) is 8.78 Å². The average molecular weight is 434 g/mol. The van der Waals surface area contributed by atoms with Gasteiger partial charge in [-0.15, -0.1) is 12.1 Å². The van der Waals surface area contributed by atoms with Gasteiger partial charge in [0.1, 0.15) is 0 Å². The number of nitrogens with zero attached hydrogens (tertiary/aromatic N) is 1. The van der Waals surface area contributed by atoms with E-state index in [0.29, 0.717) is 22.0 Å². The molecule has 1 nitrogen and oxygen atoms in total. The van der Waals surface area contributed by atoms with Crippen LogP contribution in [0.15, 0.2) is 47.1 Å². The third kappa shape index (κ3) is 4.23. The molecule has 0 atom stereocenters. The van der Waals surface area contributed by atoms with Gasteiger partial charge in [-0.05, 0) is 16.8 Å². The van der Waals surface area contributed by atoms with Crippen LogP contribution >= 0.6 is 27.5 Å². The van der Waals surface area contributed by atoms with Crippen LogP contribution in [0.4, 0.5) is 8.78 Å². The SMILES string of the molecule is C=C1C=C[C-]=C(c2ccc(Br)cc2Cl)N1CC(F)F.[Y]. The molecule has 1 aromatic carbocycles. The topological polar surface area (TPSA) is 3.24 Å². The van der Waals surface area contributed by atoms with Crippen molar-refractivity contribution in [3.05, 3.63) is 63.8 Å². The van der Waals surface area contributed by atoms with E-state index in [4.69, 9.17) is 11.6 Å². The van der Waals surface area contributed by atoms with Crippen molar-refractivity contribution in [2.45, 2.75) is 6.43 Å². The number of hydrogen-bond donors (Lipinski definition) is 0. The van der Waals surface area contributed by atoms with Gasteiger partial charge < -0.3 is 4.90 Å². The van der Waals surface area contributed by atoms with Crippen molar-refractivity contribution in [1.82, 2.24) is 4.90 Å². The third-order valence-electron chi connectivity index (χ3n) is 2.62. The molecule has 1 aliphatic heterocycles. The van der Waals surface area contributed by atoms with E-state index < -0.39 is 13.0 Å². The summed E-state index contributed by atoms with van der Waals surface area (Å²) >= 11 is 9.46. The number of rotatable bonds is 3. The molecule has 1 heterocycles. The minimum atomic E-state index is -2.46. The molecule has 0 unspecified atom stereocenters. The van der Waals surface area contributed by atoms with Gasteiger partial charge in [0.25, 0.3) is 6.43 Å². The summed E-state index contributed by atoms with van der Waals surface area (Å²) in [6.07, 6.45) is 3.77. The van der Waals surface area contributed by atoms with Gasteiger partial charge in [-0.3, -0.25) is 0 Å². The molecule has 2 rings (SSSR count). The first kappa shape index (κ1) is 18.0. The Morgan fingerprint density at radius 3 is 2.70 bits per heavy atom. The van der Waals surface area contributed by atoms with E-state index in [9.17, 15) is 8.78 Å². The fourth-order valence-corrected chi connectivity index (χ4v) is 2.54. The second kappa shape index (κ2) is 7.83. The van der Waals surface area contributed by atoms with E-state index in [1.165, 1.54) is 4.90 Å². The largest absolute Gasteiger partial charge is 0.370 e. The molecule has 103 valence electrons. The summed E-state index contributed by atoms with van der Waals surface area (Å²) < 4.78 is 26.1. The molecule has 0 amide bonds. The smallest absolute Gasteiger partial charge is 0.256 e.